The van der Waals surface area contributed by atoms with E-state index in [0.29, 0.717) is 0 Å². The van der Waals surface area contributed by atoms with Crippen LogP contribution in [0.3, 0.4) is 0 Å². The molecule has 1 aromatic rings. The minimum atomic E-state index is -1.19. The lowest BCUT2D eigenvalue weighted by Gasteiger charge is -2.34. The molecule has 3 heterocycles. The van der Waals surface area contributed by atoms with Crippen LogP contribution in [0, 0.1) is 0 Å². The molecular weight excluding hydrogens is 216 g/mol. The van der Waals surface area contributed by atoms with Crippen LogP contribution in [0.1, 0.15) is 31.2 Å². The molecule has 0 spiro atoms. The number of hydrogen-bond acceptors (Lipinski definition) is 5. The van der Waals surface area contributed by atoms with Crippen molar-refractivity contribution < 1.29 is 5.11 Å². The number of aliphatic hydroxyl groups is 1. The Bertz CT molecular complexity index is 433. The highest BCUT2D eigenvalue weighted by molar-refractivity contribution is 5.84. The standard InChI is InChI=1S/C12H16N4O/c17-12(10-5-7-13-8-6-10)15-14-11-4-2-1-3-9-16(11)12/h5-8,15,17H,1-4,9H2. The Morgan fingerprint density at radius 2 is 2.06 bits per heavy atom. The Balaban J connectivity index is 1.94. The summed E-state index contributed by atoms with van der Waals surface area (Å²) in [4.78, 5) is 5.94. The molecule has 0 aliphatic carbocycles. The predicted octanol–water partition coefficient (Wildman–Crippen LogP) is 0.977. The molecule has 2 aliphatic rings. The summed E-state index contributed by atoms with van der Waals surface area (Å²) in [6.07, 6.45) is 7.73. The molecule has 3 rings (SSSR count). The molecular formula is C12H16N4O. The van der Waals surface area contributed by atoms with Gasteiger partial charge in [0, 0.05) is 30.9 Å². The Labute approximate surface area is 100 Å². The molecule has 1 aromatic heterocycles. The molecule has 5 nitrogen and oxygen atoms in total. The first kappa shape index (κ1) is 10.5. The van der Waals surface area contributed by atoms with Crippen molar-refractivity contribution in [2.45, 2.75) is 31.5 Å². The third-order valence-corrected chi connectivity index (χ3v) is 3.41. The number of pyridine rings is 1. The number of rotatable bonds is 1. The van der Waals surface area contributed by atoms with E-state index in [-0.39, 0.29) is 0 Å². The molecule has 0 aromatic carbocycles. The average Bonchev–Trinajstić information content (AvgIpc) is 2.57. The molecule has 1 unspecified atom stereocenters. The van der Waals surface area contributed by atoms with Crippen molar-refractivity contribution in [3.8, 4) is 0 Å². The Morgan fingerprint density at radius 3 is 2.88 bits per heavy atom. The molecule has 2 N–H and O–H groups in total. The summed E-state index contributed by atoms with van der Waals surface area (Å²) >= 11 is 0. The number of hydrogen-bond donors (Lipinski definition) is 2. The minimum absolute atomic E-state index is 0.785. The molecule has 90 valence electrons. The number of fused-ring (bicyclic) bond motifs is 1. The van der Waals surface area contributed by atoms with E-state index in [1.807, 2.05) is 17.0 Å². The summed E-state index contributed by atoms with van der Waals surface area (Å²) in [6.45, 7) is 0.838. The van der Waals surface area contributed by atoms with E-state index < -0.39 is 5.85 Å². The average molecular weight is 232 g/mol. The van der Waals surface area contributed by atoms with Gasteiger partial charge >= 0.3 is 0 Å². The molecule has 0 radical (unpaired) electrons. The first-order valence-corrected chi connectivity index (χ1v) is 6.05. The molecule has 0 saturated carbocycles. The molecule has 1 atom stereocenters. The second-order valence-corrected chi connectivity index (χ2v) is 4.51. The summed E-state index contributed by atoms with van der Waals surface area (Å²) in [6, 6.07) is 3.63. The van der Waals surface area contributed by atoms with E-state index in [1.165, 1.54) is 6.42 Å². The number of amidine groups is 1. The lowest BCUT2D eigenvalue weighted by atomic mass is 10.1. The van der Waals surface area contributed by atoms with E-state index in [1.54, 1.807) is 12.4 Å². The predicted molar refractivity (Wildman–Crippen MR) is 63.9 cm³/mol. The summed E-state index contributed by atoms with van der Waals surface area (Å²) < 4.78 is 0. The topological polar surface area (TPSA) is 60.8 Å². The number of nitrogens with one attached hydrogen (secondary N) is 1. The fraction of sp³-hybridized carbons (Fsp3) is 0.500. The van der Waals surface area contributed by atoms with Gasteiger partial charge < -0.3 is 10.0 Å². The van der Waals surface area contributed by atoms with Gasteiger partial charge in [-0.1, -0.05) is 6.42 Å². The zero-order chi connectivity index (χ0) is 11.7. The quantitative estimate of drug-likeness (QED) is 0.757. The van der Waals surface area contributed by atoms with Gasteiger partial charge in [-0.05, 0) is 25.0 Å². The van der Waals surface area contributed by atoms with Crippen molar-refractivity contribution in [3.63, 3.8) is 0 Å². The minimum Gasteiger partial charge on any atom is -0.349 e. The van der Waals surface area contributed by atoms with Crippen molar-refractivity contribution in [1.82, 2.24) is 15.3 Å². The first-order valence-electron chi connectivity index (χ1n) is 6.05. The van der Waals surface area contributed by atoms with Gasteiger partial charge in [0.25, 0.3) is 5.85 Å². The fourth-order valence-electron chi connectivity index (χ4n) is 2.47. The summed E-state index contributed by atoms with van der Waals surface area (Å²) in [5.74, 6) is -0.232. The van der Waals surface area contributed by atoms with Crippen LogP contribution in [0.2, 0.25) is 0 Å². The Hall–Kier alpha value is -1.62. The molecule has 5 heteroatoms. The summed E-state index contributed by atoms with van der Waals surface area (Å²) in [5.41, 5.74) is 3.65. The van der Waals surface area contributed by atoms with Crippen molar-refractivity contribution in [2.75, 3.05) is 6.54 Å². The van der Waals surface area contributed by atoms with E-state index >= 15 is 0 Å². The van der Waals surface area contributed by atoms with Crippen molar-refractivity contribution >= 4 is 5.84 Å². The van der Waals surface area contributed by atoms with Gasteiger partial charge in [-0.2, -0.15) is 5.10 Å². The third kappa shape index (κ3) is 1.67. The van der Waals surface area contributed by atoms with Crippen molar-refractivity contribution in [3.05, 3.63) is 30.1 Å². The monoisotopic (exact) mass is 232 g/mol. The number of hydrazone groups is 1. The zero-order valence-electron chi connectivity index (χ0n) is 9.63. The van der Waals surface area contributed by atoms with E-state index in [4.69, 9.17) is 0 Å². The van der Waals surface area contributed by atoms with Crippen LogP contribution in [0.25, 0.3) is 0 Å². The maximum atomic E-state index is 10.8. The molecule has 0 amide bonds. The Morgan fingerprint density at radius 1 is 1.24 bits per heavy atom. The van der Waals surface area contributed by atoms with Crippen LogP contribution in [-0.4, -0.2) is 27.4 Å². The van der Waals surface area contributed by atoms with Crippen LogP contribution in [0.15, 0.2) is 29.6 Å². The highest BCUT2D eigenvalue weighted by Crippen LogP contribution is 2.30. The van der Waals surface area contributed by atoms with Crippen LogP contribution in [0.4, 0.5) is 0 Å². The first-order chi connectivity index (χ1) is 8.31. The normalized spacial score (nSPS) is 28.1. The molecule has 1 saturated heterocycles. The maximum absolute atomic E-state index is 10.8. The molecule has 0 bridgehead atoms. The smallest absolute Gasteiger partial charge is 0.260 e. The number of aromatic nitrogens is 1. The third-order valence-electron chi connectivity index (χ3n) is 3.41. The van der Waals surface area contributed by atoms with Gasteiger partial charge in [-0.25, -0.2) is 0 Å². The van der Waals surface area contributed by atoms with Crippen LogP contribution < -0.4 is 5.43 Å². The zero-order valence-corrected chi connectivity index (χ0v) is 9.63. The van der Waals surface area contributed by atoms with E-state index in [9.17, 15) is 5.11 Å². The van der Waals surface area contributed by atoms with E-state index in [2.05, 4.69) is 15.5 Å². The molecule has 2 aliphatic heterocycles. The van der Waals surface area contributed by atoms with Gasteiger partial charge in [-0.15, -0.1) is 0 Å². The second-order valence-electron chi connectivity index (χ2n) is 4.51. The highest BCUT2D eigenvalue weighted by atomic mass is 16.3. The van der Waals surface area contributed by atoms with Gasteiger partial charge in [0.2, 0.25) is 0 Å². The largest absolute Gasteiger partial charge is 0.349 e. The van der Waals surface area contributed by atoms with Gasteiger partial charge in [0.05, 0.1) is 0 Å². The molecule has 17 heavy (non-hydrogen) atoms. The van der Waals surface area contributed by atoms with Crippen LogP contribution >= 0.6 is 0 Å². The second kappa shape index (κ2) is 4.00. The maximum Gasteiger partial charge on any atom is 0.260 e. The fourth-order valence-corrected chi connectivity index (χ4v) is 2.47. The Kier molecular flexibility index (Phi) is 2.48. The lowest BCUT2D eigenvalue weighted by molar-refractivity contribution is -0.0915. The van der Waals surface area contributed by atoms with Crippen molar-refractivity contribution in [2.24, 2.45) is 5.10 Å². The van der Waals surface area contributed by atoms with Crippen LogP contribution in [-0.2, 0) is 5.85 Å². The molecule has 1 fully saturated rings. The highest BCUT2D eigenvalue weighted by Gasteiger charge is 2.42. The van der Waals surface area contributed by atoms with Gasteiger partial charge in [0.15, 0.2) is 0 Å². The SMILES string of the molecule is OC1(c2ccncc2)NN=C2CCCCCN21. The van der Waals surface area contributed by atoms with Crippen LogP contribution in [0.5, 0.6) is 0 Å². The summed E-state index contributed by atoms with van der Waals surface area (Å²) in [7, 11) is 0. The van der Waals surface area contributed by atoms with E-state index in [0.717, 1.165) is 37.2 Å². The lowest BCUT2D eigenvalue weighted by Crippen LogP contribution is -2.51. The van der Waals surface area contributed by atoms with Crippen molar-refractivity contribution in [1.29, 1.82) is 0 Å². The summed E-state index contributed by atoms with van der Waals surface area (Å²) in [5, 5.41) is 15.0. The van der Waals surface area contributed by atoms with Gasteiger partial charge in [-0.3, -0.25) is 10.4 Å². The van der Waals surface area contributed by atoms with Gasteiger partial charge in [0.1, 0.15) is 5.84 Å². The number of nitrogens with zero attached hydrogens (tertiary/aromatic N) is 3.